The number of alkyl halides is 3. The van der Waals surface area contributed by atoms with E-state index in [2.05, 4.69) is 30.7 Å². The Morgan fingerprint density at radius 1 is 1.28 bits per heavy atom. The molecule has 32 heavy (non-hydrogen) atoms. The van der Waals surface area contributed by atoms with Crippen LogP contribution in [0.3, 0.4) is 0 Å². The van der Waals surface area contributed by atoms with Gasteiger partial charge in [0.25, 0.3) is 0 Å². The number of aromatic nitrogens is 5. The molecular weight excluding hydrogens is 425 g/mol. The monoisotopic (exact) mass is 446 g/mol. The molecule has 0 aromatic carbocycles. The van der Waals surface area contributed by atoms with Gasteiger partial charge in [-0.05, 0) is 19.9 Å². The van der Waals surface area contributed by atoms with Gasteiger partial charge in [0.2, 0.25) is 11.9 Å². The predicted molar refractivity (Wildman–Crippen MR) is 111 cm³/mol. The van der Waals surface area contributed by atoms with Crippen LogP contribution >= 0.6 is 0 Å². The number of hydrogen-bond acceptors (Lipinski definition) is 7. The molecule has 4 rings (SSSR count). The highest BCUT2D eigenvalue weighted by molar-refractivity contribution is 6.03. The maximum absolute atomic E-state index is 13.1. The number of fused-ring (bicyclic) bond motifs is 1. The number of hydrogen-bond donors (Lipinski definition) is 2. The number of anilines is 3. The number of rotatable bonds is 5. The van der Waals surface area contributed by atoms with Gasteiger partial charge >= 0.3 is 6.18 Å². The minimum Gasteiger partial charge on any atom is -0.350 e. The van der Waals surface area contributed by atoms with Crippen LogP contribution in [0.5, 0.6) is 0 Å². The average Bonchev–Trinajstić information content (AvgIpc) is 3.18. The lowest BCUT2D eigenvalue weighted by Gasteiger charge is -2.32. The maximum atomic E-state index is 13.1. The van der Waals surface area contributed by atoms with Crippen LogP contribution in [-0.4, -0.2) is 43.7 Å². The van der Waals surface area contributed by atoms with Crippen molar-refractivity contribution >= 4 is 23.4 Å². The molecule has 3 aromatic heterocycles. The third-order valence-electron chi connectivity index (χ3n) is 5.24. The van der Waals surface area contributed by atoms with Gasteiger partial charge in [-0.15, -0.1) is 0 Å². The van der Waals surface area contributed by atoms with Crippen LogP contribution in [0.15, 0.2) is 30.7 Å². The maximum Gasteiger partial charge on any atom is 0.433 e. The van der Waals surface area contributed by atoms with Gasteiger partial charge in [0, 0.05) is 37.1 Å². The number of nitrogens with zero attached hydrogens (tertiary/aromatic N) is 6. The fourth-order valence-corrected chi connectivity index (χ4v) is 3.39. The molecule has 1 atom stereocenters. The third kappa shape index (κ3) is 4.20. The van der Waals surface area contributed by atoms with E-state index >= 15 is 0 Å². The van der Waals surface area contributed by atoms with Crippen LogP contribution < -0.4 is 15.5 Å². The molecule has 9 nitrogen and oxygen atoms in total. The summed E-state index contributed by atoms with van der Waals surface area (Å²) >= 11 is 0. The van der Waals surface area contributed by atoms with Gasteiger partial charge in [-0.1, -0.05) is 6.07 Å². The van der Waals surface area contributed by atoms with Crippen molar-refractivity contribution in [1.29, 1.82) is 0 Å². The molecular formula is C20H21F3N8O. The molecule has 3 aromatic rings. The van der Waals surface area contributed by atoms with Gasteiger partial charge in [0.05, 0.1) is 18.4 Å². The molecule has 1 aliphatic heterocycles. The largest absolute Gasteiger partial charge is 0.433 e. The van der Waals surface area contributed by atoms with Crippen LogP contribution in [0.25, 0.3) is 0 Å². The molecule has 0 saturated heterocycles. The van der Waals surface area contributed by atoms with Gasteiger partial charge in [-0.2, -0.15) is 23.3 Å². The Morgan fingerprint density at radius 2 is 2.06 bits per heavy atom. The highest BCUT2D eigenvalue weighted by Crippen LogP contribution is 2.32. The number of likely N-dealkylation sites (N-methyl/N-ethyl adjacent to an activating group) is 1. The molecule has 0 spiro atoms. The van der Waals surface area contributed by atoms with Gasteiger partial charge in [-0.3, -0.25) is 14.5 Å². The van der Waals surface area contributed by atoms with Gasteiger partial charge in [0.1, 0.15) is 17.4 Å². The lowest BCUT2D eigenvalue weighted by atomic mass is 10.2. The second kappa shape index (κ2) is 8.09. The Labute approximate surface area is 181 Å². The molecule has 0 aliphatic carbocycles. The Bertz CT molecular complexity index is 1160. The van der Waals surface area contributed by atoms with E-state index in [0.29, 0.717) is 29.7 Å². The van der Waals surface area contributed by atoms with E-state index in [1.54, 1.807) is 38.2 Å². The minimum atomic E-state index is -4.53. The van der Waals surface area contributed by atoms with Gasteiger partial charge in [-0.25, -0.2) is 4.98 Å². The van der Waals surface area contributed by atoms with Crippen LogP contribution in [0.4, 0.5) is 30.6 Å². The number of pyridine rings is 1. The molecule has 0 unspecified atom stereocenters. The standard InChI is InChI=1S/C20H21F3N8O/c1-11-15-17(30(3)12(2)18(32)28-15)29-19(27-11)25-7-13-8-26-31(9-13)10-14-5-4-6-24-16(14)20(21,22)23/h4-6,8-9,12H,7,10H2,1-3H3,(H,28,32)(H,25,27,29)/t12-/m0/s1. The van der Waals surface area contributed by atoms with Crippen molar-refractivity contribution in [3.63, 3.8) is 0 Å². The fourth-order valence-electron chi connectivity index (χ4n) is 3.39. The SMILES string of the molecule is Cc1nc(NCc2cnn(Cc3cccnc3C(F)(F)F)c2)nc2c1NC(=O)[C@H](C)N2C. The summed E-state index contributed by atoms with van der Waals surface area (Å²) in [5, 5.41) is 10.1. The van der Waals surface area contributed by atoms with Crippen molar-refractivity contribution in [3.05, 3.63) is 53.2 Å². The topological polar surface area (TPSA) is 101 Å². The van der Waals surface area contributed by atoms with E-state index in [1.165, 1.54) is 16.8 Å². The zero-order chi connectivity index (χ0) is 23.0. The fraction of sp³-hybridized carbons (Fsp3) is 0.350. The molecule has 1 amide bonds. The molecule has 168 valence electrons. The number of aryl methyl sites for hydroxylation is 1. The highest BCUT2D eigenvalue weighted by Gasteiger charge is 2.35. The van der Waals surface area contributed by atoms with Crippen molar-refractivity contribution in [1.82, 2.24) is 24.7 Å². The molecule has 12 heteroatoms. The Hall–Kier alpha value is -3.70. The number of halogens is 3. The van der Waals surface area contributed by atoms with Gasteiger partial charge in [0.15, 0.2) is 5.82 Å². The summed E-state index contributed by atoms with van der Waals surface area (Å²) in [6.45, 7) is 3.83. The average molecular weight is 446 g/mol. The van der Waals surface area contributed by atoms with Gasteiger partial charge < -0.3 is 15.5 Å². The van der Waals surface area contributed by atoms with E-state index in [9.17, 15) is 18.0 Å². The molecule has 0 fully saturated rings. The van der Waals surface area contributed by atoms with E-state index in [0.717, 1.165) is 11.8 Å². The van der Waals surface area contributed by atoms with Crippen molar-refractivity contribution in [2.24, 2.45) is 0 Å². The molecule has 0 radical (unpaired) electrons. The number of nitrogens with one attached hydrogen (secondary N) is 2. The van der Waals surface area contributed by atoms with E-state index in [1.807, 2.05) is 0 Å². The zero-order valence-corrected chi connectivity index (χ0v) is 17.6. The van der Waals surface area contributed by atoms with E-state index < -0.39 is 11.9 Å². The summed E-state index contributed by atoms with van der Waals surface area (Å²) in [5.74, 6) is 0.858. The lowest BCUT2D eigenvalue weighted by molar-refractivity contribution is -0.141. The summed E-state index contributed by atoms with van der Waals surface area (Å²) in [4.78, 5) is 26.1. The van der Waals surface area contributed by atoms with E-state index in [4.69, 9.17) is 0 Å². The Balaban J connectivity index is 1.47. The molecule has 2 N–H and O–H groups in total. The normalized spacial score (nSPS) is 16.0. The number of carbonyl (C=O) groups is 1. The molecule has 0 saturated carbocycles. The predicted octanol–water partition coefficient (Wildman–Crippen LogP) is 2.83. The minimum absolute atomic E-state index is 0.0375. The van der Waals surface area contributed by atoms with Crippen LogP contribution in [-0.2, 0) is 24.1 Å². The first-order valence-corrected chi connectivity index (χ1v) is 9.82. The summed E-state index contributed by atoms with van der Waals surface area (Å²) in [6.07, 6.45) is -0.189. The quantitative estimate of drug-likeness (QED) is 0.622. The van der Waals surface area contributed by atoms with Crippen molar-refractivity contribution in [2.75, 3.05) is 22.6 Å². The van der Waals surface area contributed by atoms with Crippen LogP contribution in [0, 0.1) is 6.92 Å². The second-order valence-corrected chi connectivity index (χ2v) is 7.52. The second-order valence-electron chi connectivity index (χ2n) is 7.52. The highest BCUT2D eigenvalue weighted by atomic mass is 19.4. The first-order chi connectivity index (χ1) is 15.1. The summed E-state index contributed by atoms with van der Waals surface area (Å²) < 4.78 is 40.9. The summed E-state index contributed by atoms with van der Waals surface area (Å²) in [7, 11) is 1.79. The Morgan fingerprint density at radius 3 is 2.81 bits per heavy atom. The summed E-state index contributed by atoms with van der Waals surface area (Å²) in [5.41, 5.74) is 1.06. The van der Waals surface area contributed by atoms with Crippen LogP contribution in [0.2, 0.25) is 0 Å². The van der Waals surface area contributed by atoms with Crippen molar-refractivity contribution in [3.8, 4) is 0 Å². The Kier molecular flexibility index (Phi) is 5.45. The van der Waals surface area contributed by atoms with Crippen molar-refractivity contribution in [2.45, 2.75) is 39.2 Å². The van der Waals surface area contributed by atoms with E-state index in [-0.39, 0.29) is 24.1 Å². The number of carbonyl (C=O) groups excluding carboxylic acids is 1. The van der Waals surface area contributed by atoms with Crippen molar-refractivity contribution < 1.29 is 18.0 Å². The van der Waals surface area contributed by atoms with Crippen LogP contribution in [0.1, 0.15) is 29.4 Å². The first kappa shape index (κ1) is 21.5. The molecule has 1 aliphatic rings. The summed E-state index contributed by atoms with van der Waals surface area (Å²) in [6, 6.07) is 2.49. The molecule has 0 bridgehead atoms. The number of amides is 1. The molecule has 4 heterocycles. The first-order valence-electron chi connectivity index (χ1n) is 9.82. The lowest BCUT2D eigenvalue weighted by Crippen LogP contribution is -2.44. The zero-order valence-electron chi connectivity index (χ0n) is 17.6. The smallest absolute Gasteiger partial charge is 0.350 e. The third-order valence-corrected chi connectivity index (χ3v) is 5.24.